The third-order valence-electron chi connectivity index (χ3n) is 5.69. The van der Waals surface area contributed by atoms with Gasteiger partial charge in [0, 0.05) is 23.4 Å². The van der Waals surface area contributed by atoms with E-state index in [4.69, 9.17) is 10.1 Å². The van der Waals surface area contributed by atoms with Crippen LogP contribution >= 0.6 is 11.8 Å². The van der Waals surface area contributed by atoms with Gasteiger partial charge in [0.25, 0.3) is 0 Å². The van der Waals surface area contributed by atoms with Gasteiger partial charge >= 0.3 is 0 Å². The molecule has 1 aromatic heterocycles. The van der Waals surface area contributed by atoms with Crippen molar-refractivity contribution in [3.8, 4) is 0 Å². The van der Waals surface area contributed by atoms with Crippen LogP contribution in [0.5, 0.6) is 0 Å². The molecular formula is C24H24N4OS. The lowest BCUT2D eigenvalue weighted by molar-refractivity contribution is -0.116. The van der Waals surface area contributed by atoms with Gasteiger partial charge in [-0.15, -0.1) is 5.10 Å². The quantitative estimate of drug-likeness (QED) is 0.592. The van der Waals surface area contributed by atoms with Gasteiger partial charge < -0.3 is 5.32 Å². The molecule has 0 fully saturated rings. The smallest absolute Gasteiger partial charge is 0.227 e. The molecule has 2 aromatic carbocycles. The number of carbonyl (C=O) groups excluding carboxylic acids is 1. The molecule has 0 bridgehead atoms. The van der Waals surface area contributed by atoms with Crippen LogP contribution in [-0.2, 0) is 10.5 Å². The number of nitrogens with one attached hydrogen (secondary N) is 1. The Morgan fingerprint density at radius 2 is 1.93 bits per heavy atom. The van der Waals surface area contributed by atoms with Crippen LogP contribution in [0.15, 0.2) is 65.0 Å². The Hall–Kier alpha value is -2.86. The van der Waals surface area contributed by atoms with Crippen LogP contribution in [0.4, 0.5) is 5.95 Å². The fraction of sp³-hybridized carbons (Fsp3) is 0.292. The number of hydrogen-bond acceptors (Lipinski definition) is 5. The van der Waals surface area contributed by atoms with Crippen molar-refractivity contribution in [1.82, 2.24) is 14.8 Å². The number of aryl methyl sites for hydroxylation is 2. The Bertz CT molecular complexity index is 1150. The first kappa shape index (κ1) is 19.1. The second-order valence-corrected chi connectivity index (χ2v) is 8.99. The fourth-order valence-corrected chi connectivity index (χ4v) is 4.98. The van der Waals surface area contributed by atoms with Crippen LogP contribution in [0.2, 0.25) is 0 Å². The van der Waals surface area contributed by atoms with E-state index in [0.29, 0.717) is 6.42 Å². The summed E-state index contributed by atoms with van der Waals surface area (Å²) in [7, 11) is 0. The zero-order chi connectivity index (χ0) is 20.7. The van der Waals surface area contributed by atoms with E-state index in [1.807, 2.05) is 4.68 Å². The Kier molecular flexibility index (Phi) is 4.95. The molecule has 30 heavy (non-hydrogen) atoms. The maximum Gasteiger partial charge on any atom is 0.227 e. The lowest BCUT2D eigenvalue weighted by atomic mass is 9.85. The Labute approximate surface area is 180 Å². The lowest BCUT2D eigenvalue weighted by Gasteiger charge is -2.32. The lowest BCUT2D eigenvalue weighted by Crippen LogP contribution is -2.31. The van der Waals surface area contributed by atoms with Gasteiger partial charge in [0.15, 0.2) is 5.78 Å². The third kappa shape index (κ3) is 3.56. The molecule has 0 saturated carbocycles. The minimum atomic E-state index is -0.217. The molecule has 0 saturated heterocycles. The third-order valence-corrected chi connectivity index (χ3v) is 6.60. The summed E-state index contributed by atoms with van der Waals surface area (Å²) in [6, 6.07) is 16.7. The minimum absolute atomic E-state index is 0.212. The molecule has 3 aromatic rings. The van der Waals surface area contributed by atoms with Gasteiger partial charge in [-0.3, -0.25) is 4.79 Å². The zero-order valence-corrected chi connectivity index (χ0v) is 18.0. The molecule has 1 atom stereocenters. The monoisotopic (exact) mass is 416 g/mol. The van der Waals surface area contributed by atoms with Gasteiger partial charge in [0.1, 0.15) is 6.04 Å². The number of allylic oxidation sites excluding steroid dienone is 2. The van der Waals surface area contributed by atoms with E-state index in [1.54, 1.807) is 11.8 Å². The minimum Gasteiger partial charge on any atom is -0.328 e. The van der Waals surface area contributed by atoms with Crippen LogP contribution in [0.1, 0.15) is 47.6 Å². The average molecular weight is 417 g/mol. The summed E-state index contributed by atoms with van der Waals surface area (Å²) in [6.07, 6.45) is 2.36. The number of anilines is 1. The van der Waals surface area contributed by atoms with E-state index >= 15 is 0 Å². The highest BCUT2D eigenvalue weighted by atomic mass is 32.2. The SMILES string of the molecule is Cc1ccc([C@@H]2C3=C(CCCC3=O)Nc3nc(SCc4cccc(C)c4)nn32)cc1. The molecule has 0 unspecified atom stereocenters. The molecule has 5 nitrogen and oxygen atoms in total. The summed E-state index contributed by atoms with van der Waals surface area (Å²) in [6.45, 7) is 4.18. The van der Waals surface area contributed by atoms with E-state index in [0.717, 1.165) is 46.5 Å². The second-order valence-electron chi connectivity index (χ2n) is 8.05. The number of nitrogens with zero attached hydrogens (tertiary/aromatic N) is 3. The van der Waals surface area contributed by atoms with Crippen LogP contribution in [0.25, 0.3) is 0 Å². The summed E-state index contributed by atoms with van der Waals surface area (Å²) in [5.41, 5.74) is 6.63. The van der Waals surface area contributed by atoms with Crippen molar-refractivity contribution >= 4 is 23.5 Å². The molecule has 0 amide bonds. The Morgan fingerprint density at radius 3 is 2.73 bits per heavy atom. The zero-order valence-electron chi connectivity index (χ0n) is 17.2. The number of aromatic nitrogens is 3. The highest BCUT2D eigenvalue weighted by molar-refractivity contribution is 7.98. The fourth-order valence-electron chi connectivity index (χ4n) is 4.20. The number of benzene rings is 2. The molecule has 6 heteroatoms. The number of ketones is 1. The van der Waals surface area contributed by atoms with E-state index in [2.05, 4.69) is 67.7 Å². The van der Waals surface area contributed by atoms with Gasteiger partial charge in [-0.2, -0.15) is 4.98 Å². The largest absolute Gasteiger partial charge is 0.328 e. The van der Waals surface area contributed by atoms with Gasteiger partial charge in [0.2, 0.25) is 11.1 Å². The summed E-state index contributed by atoms with van der Waals surface area (Å²) in [5, 5.41) is 8.94. The highest BCUT2D eigenvalue weighted by Crippen LogP contribution is 2.40. The molecule has 2 heterocycles. The summed E-state index contributed by atoms with van der Waals surface area (Å²) < 4.78 is 1.89. The molecule has 0 spiro atoms. The number of thioether (sulfide) groups is 1. The van der Waals surface area contributed by atoms with Crippen molar-refractivity contribution in [3.63, 3.8) is 0 Å². The summed E-state index contributed by atoms with van der Waals surface area (Å²) >= 11 is 1.62. The van der Waals surface area contributed by atoms with Gasteiger partial charge in [-0.25, -0.2) is 4.68 Å². The molecule has 1 aliphatic carbocycles. The van der Waals surface area contributed by atoms with Gasteiger partial charge in [-0.05, 0) is 37.8 Å². The van der Waals surface area contributed by atoms with E-state index < -0.39 is 0 Å². The first-order valence-corrected chi connectivity index (χ1v) is 11.3. The normalized spacial score (nSPS) is 18.1. The van der Waals surface area contributed by atoms with Crippen molar-refractivity contribution in [2.45, 2.75) is 50.1 Å². The van der Waals surface area contributed by atoms with Crippen LogP contribution in [0, 0.1) is 13.8 Å². The predicted octanol–water partition coefficient (Wildman–Crippen LogP) is 5.21. The second kappa shape index (κ2) is 7.76. The highest BCUT2D eigenvalue weighted by Gasteiger charge is 2.36. The average Bonchev–Trinajstić information content (AvgIpc) is 3.14. The maximum absolute atomic E-state index is 12.9. The number of rotatable bonds is 4. The Balaban J connectivity index is 1.50. The molecule has 5 rings (SSSR count). The molecule has 2 aliphatic rings. The molecule has 0 radical (unpaired) electrons. The standard InChI is InChI=1S/C24H24N4OS/c1-15-9-11-18(12-10-15)22-21-19(7-4-8-20(21)29)25-23-26-24(27-28(22)23)30-14-17-6-3-5-16(2)13-17/h3,5-6,9-13,22H,4,7-8,14H2,1-2H3,(H,25,26,27)/t22-/m1/s1. The van der Waals surface area contributed by atoms with E-state index in [1.165, 1.54) is 16.7 Å². The van der Waals surface area contributed by atoms with Crippen LogP contribution in [-0.4, -0.2) is 20.5 Å². The predicted molar refractivity (Wildman–Crippen MR) is 120 cm³/mol. The summed E-state index contributed by atoms with van der Waals surface area (Å²) in [5.74, 6) is 1.75. The van der Waals surface area contributed by atoms with Crippen molar-refractivity contribution in [2.75, 3.05) is 5.32 Å². The Morgan fingerprint density at radius 1 is 1.10 bits per heavy atom. The number of Topliss-reactive ketones (excluding diaryl/α,β-unsaturated/α-hetero) is 1. The number of carbonyl (C=O) groups is 1. The van der Waals surface area contributed by atoms with Crippen molar-refractivity contribution in [2.24, 2.45) is 0 Å². The topological polar surface area (TPSA) is 59.8 Å². The molecule has 152 valence electrons. The molecular weight excluding hydrogens is 392 g/mol. The molecule has 1 N–H and O–H groups in total. The first-order chi connectivity index (χ1) is 14.6. The van der Waals surface area contributed by atoms with Crippen LogP contribution in [0.3, 0.4) is 0 Å². The van der Waals surface area contributed by atoms with E-state index in [-0.39, 0.29) is 11.8 Å². The van der Waals surface area contributed by atoms with Gasteiger partial charge in [-0.1, -0.05) is 71.4 Å². The van der Waals surface area contributed by atoms with E-state index in [9.17, 15) is 4.79 Å². The van der Waals surface area contributed by atoms with Crippen molar-refractivity contribution < 1.29 is 4.79 Å². The molecule has 1 aliphatic heterocycles. The summed E-state index contributed by atoms with van der Waals surface area (Å²) in [4.78, 5) is 17.6. The van der Waals surface area contributed by atoms with Crippen molar-refractivity contribution in [3.05, 3.63) is 82.1 Å². The van der Waals surface area contributed by atoms with Gasteiger partial charge in [0.05, 0.1) is 0 Å². The number of fused-ring (bicyclic) bond motifs is 1. The number of hydrogen-bond donors (Lipinski definition) is 1. The van der Waals surface area contributed by atoms with Crippen molar-refractivity contribution in [1.29, 1.82) is 0 Å². The maximum atomic E-state index is 12.9. The van der Waals surface area contributed by atoms with Crippen LogP contribution < -0.4 is 5.32 Å². The first-order valence-electron chi connectivity index (χ1n) is 10.3.